The number of fused-ring (bicyclic) bond motifs is 2. The van der Waals surface area contributed by atoms with Gasteiger partial charge in [0.25, 0.3) is 0 Å². The smallest absolute Gasteiger partial charge is 0.407 e. The van der Waals surface area contributed by atoms with Gasteiger partial charge in [-0.1, -0.05) is 0 Å². The Morgan fingerprint density at radius 1 is 1.29 bits per heavy atom. The van der Waals surface area contributed by atoms with Gasteiger partial charge in [0.15, 0.2) is 0 Å². The molecule has 17 heavy (non-hydrogen) atoms. The fourth-order valence-electron chi connectivity index (χ4n) is 2.70. The van der Waals surface area contributed by atoms with E-state index in [2.05, 4.69) is 10.6 Å². The van der Waals surface area contributed by atoms with Crippen LogP contribution in [0.1, 0.15) is 40.0 Å². The fourth-order valence-corrected chi connectivity index (χ4v) is 2.70. The van der Waals surface area contributed by atoms with Gasteiger partial charge < -0.3 is 15.4 Å². The average molecular weight is 263 g/mol. The molecule has 2 rings (SSSR count). The van der Waals surface area contributed by atoms with E-state index in [1.165, 1.54) is 6.42 Å². The Bertz CT molecular complexity index is 266. The highest BCUT2D eigenvalue weighted by Gasteiger charge is 2.34. The maximum absolute atomic E-state index is 11.6. The first-order valence-electron chi connectivity index (χ1n) is 6.15. The summed E-state index contributed by atoms with van der Waals surface area (Å²) in [4.78, 5) is 11.6. The zero-order valence-electron chi connectivity index (χ0n) is 10.8. The molecule has 5 heteroatoms. The lowest BCUT2D eigenvalue weighted by Crippen LogP contribution is -2.43. The van der Waals surface area contributed by atoms with Gasteiger partial charge in [0.2, 0.25) is 0 Å². The number of halogens is 1. The van der Waals surface area contributed by atoms with E-state index in [0.717, 1.165) is 25.3 Å². The zero-order valence-corrected chi connectivity index (χ0v) is 11.6. The molecule has 100 valence electrons. The lowest BCUT2D eigenvalue weighted by Gasteiger charge is -2.29. The number of hydrogen-bond acceptors (Lipinski definition) is 3. The Hall–Kier alpha value is -0.480. The quantitative estimate of drug-likeness (QED) is 0.761. The van der Waals surface area contributed by atoms with Crippen LogP contribution in [0.25, 0.3) is 0 Å². The Morgan fingerprint density at radius 2 is 2.00 bits per heavy atom. The maximum atomic E-state index is 11.6. The summed E-state index contributed by atoms with van der Waals surface area (Å²) in [5.74, 6) is 0.735. The van der Waals surface area contributed by atoms with Crippen LogP contribution in [-0.2, 0) is 4.74 Å². The molecule has 3 atom stereocenters. The molecule has 1 aliphatic heterocycles. The van der Waals surface area contributed by atoms with E-state index in [0.29, 0.717) is 6.04 Å². The van der Waals surface area contributed by atoms with Gasteiger partial charge in [0, 0.05) is 12.1 Å². The molecular weight excluding hydrogens is 240 g/mol. The van der Waals surface area contributed by atoms with Crippen LogP contribution in [-0.4, -0.2) is 30.3 Å². The molecule has 3 unspecified atom stereocenters. The zero-order chi connectivity index (χ0) is 11.8. The molecule has 1 heterocycles. The van der Waals surface area contributed by atoms with Crippen LogP contribution < -0.4 is 10.6 Å². The van der Waals surface area contributed by atoms with E-state index in [1.54, 1.807) is 0 Å². The van der Waals surface area contributed by atoms with Crippen molar-refractivity contribution in [3.8, 4) is 0 Å². The number of ether oxygens (including phenoxy) is 1. The van der Waals surface area contributed by atoms with Crippen molar-refractivity contribution in [2.75, 3.05) is 6.54 Å². The van der Waals surface area contributed by atoms with Crippen molar-refractivity contribution in [2.24, 2.45) is 5.92 Å². The molecule has 0 aromatic carbocycles. The number of alkyl carbamates (subject to hydrolysis) is 1. The van der Waals surface area contributed by atoms with Gasteiger partial charge in [-0.15, -0.1) is 12.4 Å². The van der Waals surface area contributed by atoms with Crippen molar-refractivity contribution in [3.63, 3.8) is 0 Å². The van der Waals surface area contributed by atoms with E-state index < -0.39 is 5.60 Å². The third kappa shape index (κ3) is 4.36. The van der Waals surface area contributed by atoms with Gasteiger partial charge in [0.05, 0.1) is 0 Å². The van der Waals surface area contributed by atoms with Crippen LogP contribution in [0, 0.1) is 5.92 Å². The van der Waals surface area contributed by atoms with E-state index in [-0.39, 0.29) is 24.5 Å². The summed E-state index contributed by atoms with van der Waals surface area (Å²) < 4.78 is 5.26. The second kappa shape index (κ2) is 5.44. The molecule has 2 aliphatic rings. The number of amides is 1. The maximum Gasteiger partial charge on any atom is 0.407 e. The molecule has 0 aromatic rings. The van der Waals surface area contributed by atoms with Crippen molar-refractivity contribution in [2.45, 2.75) is 57.7 Å². The highest BCUT2D eigenvalue weighted by molar-refractivity contribution is 5.85. The first-order chi connectivity index (χ1) is 7.42. The first kappa shape index (κ1) is 14.6. The minimum absolute atomic E-state index is 0. The van der Waals surface area contributed by atoms with Crippen LogP contribution in [0.3, 0.4) is 0 Å². The molecule has 2 bridgehead atoms. The Balaban J connectivity index is 0.00000144. The SMILES string of the molecule is CC(C)(C)OC(=O)NC1CC2CNC(C2)C1.Cl. The van der Waals surface area contributed by atoms with Gasteiger partial charge in [-0.25, -0.2) is 4.79 Å². The van der Waals surface area contributed by atoms with Crippen molar-refractivity contribution in [3.05, 3.63) is 0 Å². The Labute approximate surface area is 109 Å². The first-order valence-corrected chi connectivity index (χ1v) is 6.15. The molecular formula is C12H23ClN2O2. The summed E-state index contributed by atoms with van der Waals surface area (Å²) in [6.07, 6.45) is 3.11. The summed E-state index contributed by atoms with van der Waals surface area (Å²) in [5, 5.41) is 6.45. The van der Waals surface area contributed by atoms with Crippen molar-refractivity contribution >= 4 is 18.5 Å². The fraction of sp³-hybridized carbons (Fsp3) is 0.917. The summed E-state index contributed by atoms with van der Waals surface area (Å²) in [6.45, 7) is 6.77. The molecule has 1 saturated heterocycles. The lowest BCUT2D eigenvalue weighted by atomic mass is 9.87. The molecule has 4 nitrogen and oxygen atoms in total. The van der Waals surface area contributed by atoms with Crippen LogP contribution in [0.15, 0.2) is 0 Å². The van der Waals surface area contributed by atoms with Crippen molar-refractivity contribution < 1.29 is 9.53 Å². The second-order valence-electron chi connectivity index (χ2n) is 6.02. The average Bonchev–Trinajstić information content (AvgIpc) is 2.42. The predicted octanol–water partition coefficient (Wildman–Crippen LogP) is 2.07. The molecule has 0 spiro atoms. The van der Waals surface area contributed by atoms with E-state index in [4.69, 9.17) is 4.74 Å². The van der Waals surface area contributed by atoms with Gasteiger partial charge >= 0.3 is 6.09 Å². The van der Waals surface area contributed by atoms with Gasteiger partial charge in [-0.2, -0.15) is 0 Å². The summed E-state index contributed by atoms with van der Waals surface area (Å²) in [5.41, 5.74) is -0.407. The molecule has 0 aromatic heterocycles. The second-order valence-corrected chi connectivity index (χ2v) is 6.02. The van der Waals surface area contributed by atoms with Crippen LogP contribution in [0.2, 0.25) is 0 Å². The van der Waals surface area contributed by atoms with E-state index in [9.17, 15) is 4.79 Å². The van der Waals surface area contributed by atoms with Crippen molar-refractivity contribution in [1.29, 1.82) is 0 Å². The largest absolute Gasteiger partial charge is 0.444 e. The summed E-state index contributed by atoms with van der Waals surface area (Å²) in [6, 6.07) is 0.882. The topological polar surface area (TPSA) is 50.4 Å². The number of rotatable bonds is 1. The number of carbonyl (C=O) groups excluding carboxylic acids is 1. The normalized spacial score (nSPS) is 31.6. The van der Waals surface area contributed by atoms with Gasteiger partial charge in [-0.3, -0.25) is 0 Å². The number of nitrogens with one attached hydrogen (secondary N) is 2. The molecule has 2 N–H and O–H groups in total. The lowest BCUT2D eigenvalue weighted by molar-refractivity contribution is 0.0488. The van der Waals surface area contributed by atoms with E-state index in [1.807, 2.05) is 20.8 Å². The third-order valence-electron chi connectivity index (χ3n) is 3.22. The molecule has 1 amide bonds. The monoisotopic (exact) mass is 262 g/mol. The summed E-state index contributed by atoms with van der Waals surface area (Å²) in [7, 11) is 0. The van der Waals surface area contributed by atoms with Crippen LogP contribution in [0.4, 0.5) is 4.79 Å². The van der Waals surface area contributed by atoms with Gasteiger partial charge in [-0.05, 0) is 52.5 Å². The highest BCUT2D eigenvalue weighted by atomic mass is 35.5. The third-order valence-corrected chi connectivity index (χ3v) is 3.22. The predicted molar refractivity (Wildman–Crippen MR) is 69.5 cm³/mol. The molecule has 1 aliphatic carbocycles. The number of carbonyl (C=O) groups is 1. The minimum atomic E-state index is -0.407. The van der Waals surface area contributed by atoms with Crippen molar-refractivity contribution in [1.82, 2.24) is 10.6 Å². The van der Waals surface area contributed by atoms with Crippen LogP contribution in [0.5, 0.6) is 0 Å². The number of hydrogen-bond donors (Lipinski definition) is 2. The Morgan fingerprint density at radius 3 is 2.59 bits per heavy atom. The standard InChI is InChI=1S/C12H22N2O2.ClH/c1-12(2,3)16-11(15)14-10-5-8-4-9(6-10)13-7-8;/h8-10,13H,4-7H2,1-3H3,(H,14,15);1H. The van der Waals surface area contributed by atoms with Gasteiger partial charge in [0.1, 0.15) is 5.60 Å². The highest BCUT2D eigenvalue weighted by Crippen LogP contribution is 2.29. The van der Waals surface area contributed by atoms with E-state index >= 15 is 0 Å². The molecule has 1 saturated carbocycles. The molecule has 0 radical (unpaired) electrons. The summed E-state index contributed by atoms with van der Waals surface area (Å²) >= 11 is 0. The van der Waals surface area contributed by atoms with Crippen LogP contribution >= 0.6 is 12.4 Å². The Kier molecular flexibility index (Phi) is 4.67. The molecule has 2 fully saturated rings. The minimum Gasteiger partial charge on any atom is -0.444 e.